The van der Waals surface area contributed by atoms with E-state index < -0.39 is 23.8 Å². The Hall–Kier alpha value is -2.93. The minimum Gasteiger partial charge on any atom is -0.491 e. The van der Waals surface area contributed by atoms with E-state index in [0.29, 0.717) is 23.6 Å². The highest BCUT2D eigenvalue weighted by Gasteiger charge is 2.20. The molecule has 0 unspecified atom stereocenters. The Balaban J connectivity index is 1.48. The number of hydrogen-bond donors (Lipinski definition) is 1. The molecular formula is C21H22FNO5. The molecule has 148 valence electrons. The van der Waals surface area contributed by atoms with Crippen LogP contribution in [0.25, 0.3) is 0 Å². The Morgan fingerprint density at radius 1 is 1.18 bits per heavy atom. The SMILES string of the molecule is C[C@@H](OC(=O)c1ccc(OC[C@@H]2CCCO2)cc1)C(=O)Nc1ccc(F)cc1. The van der Waals surface area contributed by atoms with Crippen LogP contribution in [0.3, 0.4) is 0 Å². The fourth-order valence-electron chi connectivity index (χ4n) is 2.71. The fraction of sp³-hybridized carbons (Fsp3) is 0.333. The number of halogens is 1. The van der Waals surface area contributed by atoms with Crippen LogP contribution in [0.4, 0.5) is 10.1 Å². The van der Waals surface area contributed by atoms with Crippen molar-refractivity contribution in [3.05, 3.63) is 59.9 Å². The molecule has 6 nitrogen and oxygen atoms in total. The molecule has 0 spiro atoms. The molecule has 1 saturated heterocycles. The molecule has 0 bridgehead atoms. The Morgan fingerprint density at radius 3 is 2.54 bits per heavy atom. The van der Waals surface area contributed by atoms with Crippen molar-refractivity contribution in [2.45, 2.75) is 32.0 Å². The summed E-state index contributed by atoms with van der Waals surface area (Å²) in [5, 5.41) is 2.56. The number of hydrogen-bond acceptors (Lipinski definition) is 5. The van der Waals surface area contributed by atoms with Gasteiger partial charge in [-0.05, 0) is 68.3 Å². The van der Waals surface area contributed by atoms with E-state index in [0.717, 1.165) is 19.4 Å². The summed E-state index contributed by atoms with van der Waals surface area (Å²) in [6.45, 7) is 2.71. The van der Waals surface area contributed by atoms with Gasteiger partial charge in [-0.3, -0.25) is 4.79 Å². The molecule has 28 heavy (non-hydrogen) atoms. The van der Waals surface area contributed by atoms with Crippen LogP contribution in [-0.2, 0) is 14.3 Å². The number of carbonyl (C=O) groups excluding carboxylic acids is 2. The van der Waals surface area contributed by atoms with Gasteiger partial charge in [0.25, 0.3) is 5.91 Å². The van der Waals surface area contributed by atoms with Crippen LogP contribution in [0, 0.1) is 5.82 Å². The van der Waals surface area contributed by atoms with E-state index in [1.165, 1.54) is 31.2 Å². The number of anilines is 1. The lowest BCUT2D eigenvalue weighted by atomic mass is 10.2. The van der Waals surface area contributed by atoms with Gasteiger partial charge in [0.1, 0.15) is 18.2 Å². The average Bonchev–Trinajstić information content (AvgIpc) is 3.22. The predicted octanol–water partition coefficient (Wildman–Crippen LogP) is 3.57. The van der Waals surface area contributed by atoms with Crippen molar-refractivity contribution in [2.24, 2.45) is 0 Å². The average molecular weight is 387 g/mol. The maximum atomic E-state index is 12.9. The molecule has 3 rings (SSSR count). The summed E-state index contributed by atoms with van der Waals surface area (Å²) in [7, 11) is 0. The first-order valence-electron chi connectivity index (χ1n) is 9.13. The summed E-state index contributed by atoms with van der Waals surface area (Å²) in [4.78, 5) is 24.3. The van der Waals surface area contributed by atoms with E-state index in [-0.39, 0.29) is 6.10 Å². The second-order valence-corrected chi connectivity index (χ2v) is 6.51. The van der Waals surface area contributed by atoms with Gasteiger partial charge in [0.05, 0.1) is 11.7 Å². The second kappa shape index (κ2) is 9.32. The molecule has 2 aromatic rings. The Kier molecular flexibility index (Phi) is 6.60. The van der Waals surface area contributed by atoms with Crippen molar-refractivity contribution in [2.75, 3.05) is 18.5 Å². The summed E-state index contributed by atoms with van der Waals surface area (Å²) in [5.41, 5.74) is 0.730. The van der Waals surface area contributed by atoms with Gasteiger partial charge in [-0.25, -0.2) is 9.18 Å². The number of esters is 1. The van der Waals surface area contributed by atoms with Gasteiger partial charge >= 0.3 is 5.97 Å². The van der Waals surface area contributed by atoms with Gasteiger partial charge in [-0.15, -0.1) is 0 Å². The number of rotatable bonds is 7. The van der Waals surface area contributed by atoms with E-state index in [1.807, 2.05) is 0 Å². The lowest BCUT2D eigenvalue weighted by Gasteiger charge is -2.14. The zero-order chi connectivity index (χ0) is 19.9. The molecule has 0 aromatic heterocycles. The molecule has 1 amide bonds. The van der Waals surface area contributed by atoms with Gasteiger partial charge in [0.2, 0.25) is 0 Å². The first kappa shape index (κ1) is 19.8. The number of carbonyl (C=O) groups is 2. The van der Waals surface area contributed by atoms with Gasteiger partial charge in [0, 0.05) is 12.3 Å². The highest BCUT2D eigenvalue weighted by molar-refractivity contribution is 5.97. The standard InChI is InChI=1S/C21H22FNO5/c1-14(20(24)23-17-8-6-16(22)7-9-17)28-21(25)15-4-10-18(11-5-15)27-13-19-3-2-12-26-19/h4-11,14,19H,2-3,12-13H2,1H3,(H,23,24)/t14-,19+/m1/s1. The highest BCUT2D eigenvalue weighted by Crippen LogP contribution is 2.17. The Labute approximate surface area is 162 Å². The van der Waals surface area contributed by atoms with Crippen LogP contribution in [0.5, 0.6) is 5.75 Å². The molecule has 2 aromatic carbocycles. The van der Waals surface area contributed by atoms with Gasteiger partial charge in [0.15, 0.2) is 6.10 Å². The van der Waals surface area contributed by atoms with Crippen LogP contribution in [-0.4, -0.2) is 37.3 Å². The second-order valence-electron chi connectivity index (χ2n) is 6.51. The smallest absolute Gasteiger partial charge is 0.338 e. The van der Waals surface area contributed by atoms with Crippen LogP contribution >= 0.6 is 0 Å². The summed E-state index contributed by atoms with van der Waals surface area (Å²) < 4.78 is 29.2. The molecule has 0 radical (unpaired) electrons. The van der Waals surface area contributed by atoms with Crippen molar-refractivity contribution < 1.29 is 28.2 Å². The quantitative estimate of drug-likeness (QED) is 0.736. The molecule has 0 aliphatic carbocycles. The number of nitrogens with one attached hydrogen (secondary N) is 1. The van der Waals surface area contributed by atoms with E-state index in [2.05, 4.69) is 5.32 Å². The highest BCUT2D eigenvalue weighted by atomic mass is 19.1. The lowest BCUT2D eigenvalue weighted by molar-refractivity contribution is -0.123. The molecule has 1 aliphatic heterocycles. The van der Waals surface area contributed by atoms with Crippen molar-refractivity contribution in [3.63, 3.8) is 0 Å². The summed E-state index contributed by atoms with van der Waals surface area (Å²) in [6, 6.07) is 11.8. The fourth-order valence-corrected chi connectivity index (χ4v) is 2.71. The van der Waals surface area contributed by atoms with Crippen LogP contribution in [0.2, 0.25) is 0 Å². The third kappa shape index (κ3) is 5.53. The summed E-state index contributed by atoms with van der Waals surface area (Å²) in [6.07, 6.45) is 1.15. The maximum absolute atomic E-state index is 12.9. The number of amides is 1. The van der Waals surface area contributed by atoms with Crippen LogP contribution in [0.15, 0.2) is 48.5 Å². The van der Waals surface area contributed by atoms with E-state index in [1.54, 1.807) is 24.3 Å². The monoisotopic (exact) mass is 387 g/mol. The van der Waals surface area contributed by atoms with E-state index in [9.17, 15) is 14.0 Å². The van der Waals surface area contributed by atoms with Crippen LogP contribution < -0.4 is 10.1 Å². The first-order valence-corrected chi connectivity index (χ1v) is 9.13. The van der Waals surface area contributed by atoms with Crippen molar-refractivity contribution >= 4 is 17.6 Å². The summed E-state index contributed by atoms with van der Waals surface area (Å²) in [5.74, 6) is -0.890. The lowest BCUT2D eigenvalue weighted by Crippen LogP contribution is -2.30. The molecule has 1 heterocycles. The molecule has 1 N–H and O–H groups in total. The molecule has 1 fully saturated rings. The van der Waals surface area contributed by atoms with E-state index in [4.69, 9.17) is 14.2 Å². The molecule has 1 aliphatic rings. The topological polar surface area (TPSA) is 73.9 Å². The van der Waals surface area contributed by atoms with Gasteiger partial charge < -0.3 is 19.5 Å². The Bertz CT molecular complexity index is 801. The minimum atomic E-state index is -1.01. The molecular weight excluding hydrogens is 365 g/mol. The predicted molar refractivity (Wildman–Crippen MR) is 101 cm³/mol. The minimum absolute atomic E-state index is 0.116. The maximum Gasteiger partial charge on any atom is 0.338 e. The van der Waals surface area contributed by atoms with Crippen molar-refractivity contribution in [1.29, 1.82) is 0 Å². The zero-order valence-electron chi connectivity index (χ0n) is 15.5. The molecule has 0 saturated carbocycles. The molecule has 7 heteroatoms. The Morgan fingerprint density at radius 2 is 1.89 bits per heavy atom. The van der Waals surface area contributed by atoms with Gasteiger partial charge in [-0.1, -0.05) is 0 Å². The zero-order valence-corrected chi connectivity index (χ0v) is 15.5. The van der Waals surface area contributed by atoms with Crippen LogP contribution in [0.1, 0.15) is 30.1 Å². The first-order chi connectivity index (χ1) is 13.5. The number of benzene rings is 2. The third-order valence-electron chi connectivity index (χ3n) is 4.31. The normalized spacial score (nSPS) is 17.0. The third-order valence-corrected chi connectivity index (χ3v) is 4.31. The van der Waals surface area contributed by atoms with Crippen molar-refractivity contribution in [1.82, 2.24) is 0 Å². The summed E-state index contributed by atoms with van der Waals surface area (Å²) >= 11 is 0. The van der Waals surface area contributed by atoms with Crippen molar-refractivity contribution in [3.8, 4) is 5.75 Å². The molecule has 2 atom stereocenters. The number of ether oxygens (including phenoxy) is 3. The van der Waals surface area contributed by atoms with E-state index >= 15 is 0 Å². The van der Waals surface area contributed by atoms with Gasteiger partial charge in [-0.2, -0.15) is 0 Å². The largest absolute Gasteiger partial charge is 0.491 e.